The number of anilines is 1. The van der Waals surface area contributed by atoms with Crippen molar-refractivity contribution in [3.05, 3.63) is 30.3 Å². The van der Waals surface area contributed by atoms with E-state index in [1.807, 2.05) is 18.2 Å². The number of nitrogens with zero attached hydrogens (tertiary/aromatic N) is 1. The van der Waals surface area contributed by atoms with Crippen LogP contribution in [0.15, 0.2) is 30.3 Å². The first-order valence-corrected chi connectivity index (χ1v) is 6.92. The number of likely N-dealkylation sites (tertiary alicyclic amines) is 1. The molecule has 122 valence electrons. The van der Waals surface area contributed by atoms with Gasteiger partial charge in [0.1, 0.15) is 5.72 Å². The van der Waals surface area contributed by atoms with Crippen molar-refractivity contribution in [2.45, 2.75) is 18.6 Å². The van der Waals surface area contributed by atoms with E-state index in [2.05, 4.69) is 29.4 Å². The standard InChI is InChI=1S/C13H20N2O.C2H2O4/c1-15-10-8-13(16-2,9-11-15)14-12-6-4-3-5-7-12;3-1(4)2(5)6/h3-7,14H,8-11H2,1-2H3;(H,3,4)(H,5,6). The lowest BCUT2D eigenvalue weighted by Crippen LogP contribution is -2.49. The highest BCUT2D eigenvalue weighted by Gasteiger charge is 2.33. The summed E-state index contributed by atoms with van der Waals surface area (Å²) in [6, 6.07) is 10.3. The number of nitrogens with one attached hydrogen (secondary N) is 1. The number of carbonyl (C=O) groups is 2. The van der Waals surface area contributed by atoms with E-state index in [0.29, 0.717) is 0 Å². The number of rotatable bonds is 3. The molecule has 1 aromatic rings. The van der Waals surface area contributed by atoms with Gasteiger partial charge in [-0.1, -0.05) is 18.2 Å². The van der Waals surface area contributed by atoms with Gasteiger partial charge < -0.3 is 25.2 Å². The minimum Gasteiger partial charge on any atom is -0.473 e. The molecule has 0 atom stereocenters. The van der Waals surface area contributed by atoms with E-state index in [9.17, 15) is 0 Å². The van der Waals surface area contributed by atoms with E-state index in [1.165, 1.54) is 0 Å². The van der Waals surface area contributed by atoms with Crippen molar-refractivity contribution >= 4 is 17.6 Å². The number of methoxy groups -OCH3 is 1. The molecular formula is C15H22N2O5. The van der Waals surface area contributed by atoms with Crippen LogP contribution < -0.4 is 5.32 Å². The Morgan fingerprint density at radius 3 is 2.05 bits per heavy atom. The van der Waals surface area contributed by atoms with Gasteiger partial charge in [0.15, 0.2) is 0 Å². The summed E-state index contributed by atoms with van der Waals surface area (Å²) in [7, 11) is 3.95. The molecule has 0 aromatic heterocycles. The molecule has 2 rings (SSSR count). The van der Waals surface area contributed by atoms with Gasteiger partial charge in [-0.05, 0) is 19.2 Å². The van der Waals surface area contributed by atoms with E-state index in [4.69, 9.17) is 24.5 Å². The van der Waals surface area contributed by atoms with Crippen molar-refractivity contribution in [3.63, 3.8) is 0 Å². The molecule has 0 amide bonds. The van der Waals surface area contributed by atoms with Crippen LogP contribution in [0.5, 0.6) is 0 Å². The fourth-order valence-electron chi connectivity index (χ4n) is 2.14. The third-order valence-electron chi connectivity index (χ3n) is 3.51. The number of carboxylic acid groups (broad SMARTS) is 2. The first kappa shape index (κ1) is 17.9. The average Bonchev–Trinajstić information content (AvgIpc) is 2.51. The van der Waals surface area contributed by atoms with Crippen molar-refractivity contribution in [1.29, 1.82) is 0 Å². The molecule has 1 fully saturated rings. The van der Waals surface area contributed by atoms with Gasteiger partial charge in [-0.25, -0.2) is 9.59 Å². The van der Waals surface area contributed by atoms with Crippen LogP contribution in [0.4, 0.5) is 5.69 Å². The monoisotopic (exact) mass is 310 g/mol. The lowest BCUT2D eigenvalue weighted by molar-refractivity contribution is -0.159. The minimum absolute atomic E-state index is 0.187. The second-order valence-corrected chi connectivity index (χ2v) is 5.10. The van der Waals surface area contributed by atoms with Crippen LogP contribution in [-0.4, -0.2) is 60.0 Å². The number of para-hydroxylation sites is 1. The number of piperidine rings is 1. The molecule has 0 saturated carbocycles. The molecule has 1 aliphatic rings. The van der Waals surface area contributed by atoms with Gasteiger partial charge >= 0.3 is 11.9 Å². The molecular weight excluding hydrogens is 288 g/mol. The molecule has 22 heavy (non-hydrogen) atoms. The summed E-state index contributed by atoms with van der Waals surface area (Å²) >= 11 is 0. The summed E-state index contributed by atoms with van der Waals surface area (Å²) in [6.45, 7) is 2.15. The first-order chi connectivity index (χ1) is 10.4. The predicted octanol–water partition coefficient (Wildman–Crippen LogP) is 1.32. The second kappa shape index (κ2) is 8.35. The molecule has 0 radical (unpaired) electrons. The predicted molar refractivity (Wildman–Crippen MR) is 81.8 cm³/mol. The van der Waals surface area contributed by atoms with Crippen LogP contribution >= 0.6 is 0 Å². The summed E-state index contributed by atoms with van der Waals surface area (Å²) in [4.78, 5) is 20.5. The maximum Gasteiger partial charge on any atom is 0.414 e. The Labute approximate surface area is 129 Å². The minimum atomic E-state index is -1.82. The average molecular weight is 310 g/mol. The van der Waals surface area contributed by atoms with E-state index >= 15 is 0 Å². The van der Waals surface area contributed by atoms with Crippen LogP contribution in [-0.2, 0) is 14.3 Å². The van der Waals surface area contributed by atoms with E-state index in [-0.39, 0.29) is 5.72 Å². The molecule has 0 bridgehead atoms. The smallest absolute Gasteiger partial charge is 0.414 e. The van der Waals surface area contributed by atoms with Gasteiger partial charge in [-0.3, -0.25) is 0 Å². The van der Waals surface area contributed by atoms with E-state index in [0.717, 1.165) is 31.6 Å². The number of ether oxygens (including phenoxy) is 1. The third-order valence-corrected chi connectivity index (χ3v) is 3.51. The topological polar surface area (TPSA) is 99.1 Å². The number of hydrogen-bond acceptors (Lipinski definition) is 5. The Morgan fingerprint density at radius 2 is 1.64 bits per heavy atom. The van der Waals surface area contributed by atoms with Crippen molar-refractivity contribution in [2.75, 3.05) is 32.6 Å². The molecule has 1 heterocycles. The normalized spacial score (nSPS) is 17.0. The highest BCUT2D eigenvalue weighted by molar-refractivity contribution is 6.27. The van der Waals surface area contributed by atoms with E-state index in [1.54, 1.807) is 7.11 Å². The number of hydrogen-bond donors (Lipinski definition) is 3. The molecule has 7 nitrogen and oxygen atoms in total. The fourth-order valence-corrected chi connectivity index (χ4v) is 2.14. The Balaban J connectivity index is 0.000000346. The summed E-state index contributed by atoms with van der Waals surface area (Å²) in [5.41, 5.74) is 0.947. The summed E-state index contributed by atoms with van der Waals surface area (Å²) < 4.78 is 5.69. The van der Waals surface area contributed by atoms with Gasteiger partial charge in [0.05, 0.1) is 0 Å². The summed E-state index contributed by atoms with van der Waals surface area (Å²) in [5, 5.41) is 18.3. The highest BCUT2D eigenvalue weighted by Crippen LogP contribution is 2.26. The Morgan fingerprint density at radius 1 is 1.14 bits per heavy atom. The molecule has 1 saturated heterocycles. The number of carboxylic acids is 2. The Kier molecular flexibility index (Phi) is 6.81. The van der Waals surface area contributed by atoms with Crippen LogP contribution in [0.1, 0.15) is 12.8 Å². The van der Waals surface area contributed by atoms with Crippen molar-refractivity contribution in [3.8, 4) is 0 Å². The van der Waals surface area contributed by atoms with Crippen molar-refractivity contribution in [2.24, 2.45) is 0 Å². The van der Waals surface area contributed by atoms with Gasteiger partial charge in [-0.15, -0.1) is 0 Å². The maximum absolute atomic E-state index is 9.10. The van der Waals surface area contributed by atoms with Gasteiger partial charge in [0.25, 0.3) is 0 Å². The summed E-state index contributed by atoms with van der Waals surface area (Å²) in [5.74, 6) is -3.65. The van der Waals surface area contributed by atoms with Gasteiger partial charge in [0, 0.05) is 38.7 Å². The van der Waals surface area contributed by atoms with Crippen LogP contribution in [0.2, 0.25) is 0 Å². The Bertz CT molecular complexity index is 472. The fraction of sp³-hybridized carbons (Fsp3) is 0.467. The molecule has 3 N–H and O–H groups in total. The molecule has 1 aliphatic heterocycles. The maximum atomic E-state index is 9.10. The van der Waals surface area contributed by atoms with Crippen LogP contribution in [0.25, 0.3) is 0 Å². The van der Waals surface area contributed by atoms with Gasteiger partial charge in [0.2, 0.25) is 0 Å². The largest absolute Gasteiger partial charge is 0.473 e. The van der Waals surface area contributed by atoms with Gasteiger partial charge in [-0.2, -0.15) is 0 Å². The highest BCUT2D eigenvalue weighted by atomic mass is 16.5. The van der Waals surface area contributed by atoms with Crippen LogP contribution in [0.3, 0.4) is 0 Å². The molecule has 0 unspecified atom stereocenters. The first-order valence-electron chi connectivity index (χ1n) is 6.92. The van der Waals surface area contributed by atoms with Crippen molar-refractivity contribution in [1.82, 2.24) is 4.90 Å². The van der Waals surface area contributed by atoms with E-state index < -0.39 is 11.9 Å². The lowest BCUT2D eigenvalue weighted by Gasteiger charge is -2.40. The zero-order valence-electron chi connectivity index (χ0n) is 12.8. The lowest BCUT2D eigenvalue weighted by atomic mass is 10.00. The molecule has 0 spiro atoms. The SMILES string of the molecule is COC1(Nc2ccccc2)CCN(C)CC1.O=C(O)C(=O)O. The molecule has 7 heteroatoms. The zero-order chi connectivity index (χ0) is 16.6. The number of benzene rings is 1. The third kappa shape index (κ3) is 5.71. The van der Waals surface area contributed by atoms with Crippen LogP contribution in [0, 0.1) is 0 Å². The van der Waals surface area contributed by atoms with Crippen molar-refractivity contribution < 1.29 is 24.5 Å². The summed E-state index contributed by atoms with van der Waals surface area (Å²) in [6.07, 6.45) is 2.05. The second-order valence-electron chi connectivity index (χ2n) is 5.10. The Hall–Kier alpha value is -2.12. The quantitative estimate of drug-likeness (QED) is 0.572. The number of aliphatic carboxylic acids is 2. The molecule has 1 aromatic carbocycles. The zero-order valence-corrected chi connectivity index (χ0v) is 12.8. The molecule has 0 aliphatic carbocycles.